The second-order valence-electron chi connectivity index (χ2n) is 5.55. The molecule has 0 radical (unpaired) electrons. The van der Waals surface area contributed by atoms with Crippen LogP contribution < -0.4 is 10.1 Å². The summed E-state index contributed by atoms with van der Waals surface area (Å²) in [4.78, 5) is 0. The average Bonchev–Trinajstić information content (AvgIpc) is 2.46. The Morgan fingerprint density at radius 3 is 2.67 bits per heavy atom. The van der Waals surface area contributed by atoms with Gasteiger partial charge < -0.3 is 10.1 Å². The molecule has 0 amide bonds. The van der Waals surface area contributed by atoms with E-state index in [1.54, 1.807) is 0 Å². The van der Waals surface area contributed by atoms with Crippen molar-refractivity contribution in [2.75, 3.05) is 6.54 Å². The van der Waals surface area contributed by atoms with E-state index >= 15 is 0 Å². The minimum atomic E-state index is 0.574. The second kappa shape index (κ2) is 8.20. The molecule has 0 bridgehead atoms. The minimum absolute atomic E-state index is 0.574. The molecule has 0 saturated heterocycles. The summed E-state index contributed by atoms with van der Waals surface area (Å²) in [5.74, 6) is 1.58. The van der Waals surface area contributed by atoms with Crippen LogP contribution in [0.25, 0.3) is 0 Å². The highest BCUT2D eigenvalue weighted by atomic mass is 79.9. The van der Waals surface area contributed by atoms with Gasteiger partial charge in [-0.15, -0.1) is 0 Å². The Hall–Kier alpha value is -1.32. The quantitative estimate of drug-likeness (QED) is 0.778. The topological polar surface area (TPSA) is 21.3 Å². The summed E-state index contributed by atoms with van der Waals surface area (Å²) in [7, 11) is 0. The Labute approximate surface area is 135 Å². The first kappa shape index (κ1) is 16.1. The smallest absolute Gasteiger partial charge is 0.120 e. The normalized spacial score (nSPS) is 10.9. The number of ether oxygens (including phenoxy) is 1. The van der Waals surface area contributed by atoms with Crippen LogP contribution in [0.2, 0.25) is 0 Å². The molecule has 2 aromatic carbocycles. The predicted octanol–water partition coefficient (Wildman–Crippen LogP) is 4.77. The monoisotopic (exact) mass is 347 g/mol. The summed E-state index contributed by atoms with van der Waals surface area (Å²) in [6.07, 6.45) is 0. The summed E-state index contributed by atoms with van der Waals surface area (Å²) in [5.41, 5.74) is 2.40. The predicted molar refractivity (Wildman–Crippen MR) is 91.5 cm³/mol. The summed E-state index contributed by atoms with van der Waals surface area (Å²) >= 11 is 3.54. The van der Waals surface area contributed by atoms with E-state index in [-0.39, 0.29) is 0 Å². The van der Waals surface area contributed by atoms with Gasteiger partial charge in [-0.1, -0.05) is 60.1 Å². The molecular formula is C18H22BrNO. The third-order valence-corrected chi connectivity index (χ3v) is 3.91. The molecule has 0 unspecified atom stereocenters. The Balaban J connectivity index is 1.90. The lowest BCUT2D eigenvalue weighted by Crippen LogP contribution is -2.18. The van der Waals surface area contributed by atoms with Gasteiger partial charge in [-0.2, -0.15) is 0 Å². The molecule has 0 aliphatic carbocycles. The highest BCUT2D eigenvalue weighted by Gasteiger charge is 2.01. The van der Waals surface area contributed by atoms with Gasteiger partial charge >= 0.3 is 0 Å². The molecule has 0 spiro atoms. The summed E-state index contributed by atoms with van der Waals surface area (Å²) < 4.78 is 6.97. The van der Waals surface area contributed by atoms with Crippen molar-refractivity contribution in [2.24, 2.45) is 5.92 Å². The molecule has 112 valence electrons. The first-order chi connectivity index (χ1) is 10.1. The van der Waals surface area contributed by atoms with Crippen LogP contribution >= 0.6 is 15.9 Å². The van der Waals surface area contributed by atoms with Crippen LogP contribution in [-0.4, -0.2) is 6.54 Å². The number of hydrogen-bond donors (Lipinski definition) is 1. The molecule has 0 heterocycles. The molecule has 1 N–H and O–H groups in total. The third-order valence-electron chi connectivity index (χ3n) is 3.13. The number of nitrogens with one attached hydrogen (secondary N) is 1. The molecular weight excluding hydrogens is 326 g/mol. The zero-order chi connectivity index (χ0) is 15.1. The Morgan fingerprint density at radius 1 is 1.10 bits per heavy atom. The van der Waals surface area contributed by atoms with E-state index in [9.17, 15) is 0 Å². The van der Waals surface area contributed by atoms with Crippen LogP contribution in [0.3, 0.4) is 0 Å². The fraction of sp³-hybridized carbons (Fsp3) is 0.333. The SMILES string of the molecule is CC(C)CNCc1cccc(OCc2ccccc2Br)c1. The van der Waals surface area contributed by atoms with Crippen LogP contribution in [0.5, 0.6) is 5.75 Å². The van der Waals surface area contributed by atoms with Crippen LogP contribution in [0.4, 0.5) is 0 Å². The van der Waals surface area contributed by atoms with E-state index in [0.717, 1.165) is 28.9 Å². The number of hydrogen-bond acceptors (Lipinski definition) is 2. The van der Waals surface area contributed by atoms with E-state index in [1.807, 2.05) is 30.3 Å². The lowest BCUT2D eigenvalue weighted by Gasteiger charge is -2.11. The van der Waals surface area contributed by atoms with Crippen molar-refractivity contribution in [2.45, 2.75) is 27.0 Å². The van der Waals surface area contributed by atoms with Gasteiger partial charge in [-0.3, -0.25) is 0 Å². The van der Waals surface area contributed by atoms with Gasteiger partial charge in [0.2, 0.25) is 0 Å². The largest absolute Gasteiger partial charge is 0.489 e. The van der Waals surface area contributed by atoms with Crippen molar-refractivity contribution in [1.82, 2.24) is 5.32 Å². The average molecular weight is 348 g/mol. The van der Waals surface area contributed by atoms with Crippen molar-refractivity contribution in [3.8, 4) is 5.75 Å². The molecule has 0 fully saturated rings. The van der Waals surface area contributed by atoms with Crippen LogP contribution in [-0.2, 0) is 13.2 Å². The summed E-state index contributed by atoms with van der Waals surface area (Å²) in [6.45, 7) is 6.91. The molecule has 2 rings (SSSR count). The third kappa shape index (κ3) is 5.52. The highest BCUT2D eigenvalue weighted by molar-refractivity contribution is 9.10. The maximum absolute atomic E-state index is 5.88. The van der Waals surface area contributed by atoms with E-state index in [2.05, 4.69) is 53.3 Å². The van der Waals surface area contributed by atoms with Gasteiger partial charge in [0.15, 0.2) is 0 Å². The van der Waals surface area contributed by atoms with E-state index < -0.39 is 0 Å². The molecule has 2 nitrogen and oxygen atoms in total. The molecule has 0 aromatic heterocycles. The number of rotatable bonds is 7. The van der Waals surface area contributed by atoms with Gasteiger partial charge in [0.05, 0.1) is 0 Å². The molecule has 3 heteroatoms. The number of halogens is 1. The number of benzene rings is 2. The maximum atomic E-state index is 5.88. The van der Waals surface area contributed by atoms with Gasteiger partial charge in [-0.25, -0.2) is 0 Å². The lowest BCUT2D eigenvalue weighted by atomic mass is 10.2. The van der Waals surface area contributed by atoms with Gasteiger partial charge in [0, 0.05) is 16.6 Å². The Kier molecular flexibility index (Phi) is 6.27. The van der Waals surface area contributed by atoms with Crippen molar-refractivity contribution in [1.29, 1.82) is 0 Å². The lowest BCUT2D eigenvalue weighted by molar-refractivity contribution is 0.305. The molecule has 21 heavy (non-hydrogen) atoms. The zero-order valence-corrected chi connectivity index (χ0v) is 14.2. The van der Waals surface area contributed by atoms with Gasteiger partial charge in [-0.05, 0) is 36.2 Å². The first-order valence-electron chi connectivity index (χ1n) is 7.31. The van der Waals surface area contributed by atoms with Crippen LogP contribution in [0.1, 0.15) is 25.0 Å². The van der Waals surface area contributed by atoms with Crippen molar-refractivity contribution < 1.29 is 4.74 Å². The Morgan fingerprint density at radius 2 is 1.90 bits per heavy atom. The maximum Gasteiger partial charge on any atom is 0.120 e. The van der Waals surface area contributed by atoms with Crippen LogP contribution in [0, 0.1) is 5.92 Å². The van der Waals surface area contributed by atoms with E-state index in [4.69, 9.17) is 4.74 Å². The second-order valence-corrected chi connectivity index (χ2v) is 6.41. The minimum Gasteiger partial charge on any atom is -0.489 e. The molecule has 0 atom stereocenters. The van der Waals surface area contributed by atoms with Crippen molar-refractivity contribution >= 4 is 15.9 Å². The fourth-order valence-electron chi connectivity index (χ4n) is 2.03. The molecule has 0 saturated carbocycles. The van der Waals surface area contributed by atoms with Gasteiger partial charge in [0.25, 0.3) is 0 Å². The highest BCUT2D eigenvalue weighted by Crippen LogP contribution is 2.19. The van der Waals surface area contributed by atoms with Crippen molar-refractivity contribution in [3.63, 3.8) is 0 Å². The molecule has 0 aliphatic heterocycles. The zero-order valence-electron chi connectivity index (χ0n) is 12.6. The van der Waals surface area contributed by atoms with E-state index in [0.29, 0.717) is 12.5 Å². The standard InChI is InChI=1S/C18H22BrNO/c1-14(2)11-20-12-15-6-5-8-17(10-15)21-13-16-7-3-4-9-18(16)19/h3-10,14,20H,11-13H2,1-2H3. The van der Waals surface area contributed by atoms with E-state index in [1.165, 1.54) is 5.56 Å². The molecule has 0 aliphatic rings. The fourth-order valence-corrected chi connectivity index (χ4v) is 2.43. The first-order valence-corrected chi connectivity index (χ1v) is 8.10. The summed E-state index contributed by atoms with van der Waals surface area (Å²) in [6, 6.07) is 16.4. The van der Waals surface area contributed by atoms with Crippen molar-refractivity contribution in [3.05, 3.63) is 64.1 Å². The van der Waals surface area contributed by atoms with Gasteiger partial charge in [0.1, 0.15) is 12.4 Å². The molecule has 2 aromatic rings. The van der Waals surface area contributed by atoms with Crippen LogP contribution in [0.15, 0.2) is 53.0 Å². The summed E-state index contributed by atoms with van der Waals surface area (Å²) in [5, 5.41) is 3.45. The Bertz CT molecular complexity index is 569.